The van der Waals surface area contributed by atoms with Gasteiger partial charge in [-0.15, -0.1) is 0 Å². The van der Waals surface area contributed by atoms with Gasteiger partial charge >= 0.3 is 0 Å². The van der Waals surface area contributed by atoms with Crippen LogP contribution in [0.2, 0.25) is 5.02 Å². The van der Waals surface area contributed by atoms with E-state index in [-0.39, 0.29) is 29.9 Å². The third-order valence-corrected chi connectivity index (χ3v) is 12.7. The molecule has 3 aliphatic heterocycles. The summed E-state index contributed by atoms with van der Waals surface area (Å²) >= 11 is 6.33. The van der Waals surface area contributed by atoms with Gasteiger partial charge in [0.25, 0.3) is 11.8 Å². The highest BCUT2D eigenvalue weighted by atomic mass is 35.5. The number of alkyl halides is 2. The van der Waals surface area contributed by atoms with Crippen molar-refractivity contribution in [2.45, 2.75) is 76.3 Å². The van der Waals surface area contributed by atoms with Gasteiger partial charge in [-0.3, -0.25) is 9.59 Å². The molecule has 0 radical (unpaired) electrons. The Labute approximate surface area is 292 Å². The van der Waals surface area contributed by atoms with Crippen LogP contribution in [0.3, 0.4) is 0 Å². The molecule has 49 heavy (non-hydrogen) atoms. The van der Waals surface area contributed by atoms with Crippen molar-refractivity contribution < 1.29 is 36.3 Å². The third-order valence-electron chi connectivity index (χ3n) is 10.5. The van der Waals surface area contributed by atoms with Gasteiger partial charge in [0, 0.05) is 23.7 Å². The van der Waals surface area contributed by atoms with Gasteiger partial charge in [-0.25, -0.2) is 21.9 Å². The number of carbonyl (C=O) groups excluding carboxylic acids is 2. The molecule has 4 aliphatic rings. The summed E-state index contributed by atoms with van der Waals surface area (Å²) in [5.74, 6) is -3.57. The molecule has 0 aromatic heterocycles. The van der Waals surface area contributed by atoms with E-state index in [1.807, 2.05) is 30.4 Å². The lowest BCUT2D eigenvalue weighted by molar-refractivity contribution is -0.171. The van der Waals surface area contributed by atoms with E-state index in [1.54, 1.807) is 32.0 Å². The van der Waals surface area contributed by atoms with Crippen LogP contribution in [0, 0.1) is 17.8 Å². The van der Waals surface area contributed by atoms with Gasteiger partial charge in [0.15, 0.2) is 0 Å². The van der Waals surface area contributed by atoms with Crippen molar-refractivity contribution in [2.24, 2.45) is 17.8 Å². The standard InChI is InChI=1S/C36H44ClF2N3O6S/c1-23-6-5-8-32(48-20-34(43)42-21-36(38,39)22-42)30-13-10-27(30)18-41-15-4-3-7-25-16-29(37)12-9-28(25)19-47-33-14-11-26(17-31(33)41)35(44)40-49(45,46)24(23)2/h5,8-9,11-12,14,16-17,23-24,27,30,32H,3-4,6-7,10,13,15,18-22H2,1-2H3,(H,40,44)/b8-5+/t23-,24+,27-,30+,32-/m0/s1. The number of carbonyl (C=O) groups is 2. The molecule has 266 valence electrons. The highest BCUT2D eigenvalue weighted by molar-refractivity contribution is 7.90. The van der Waals surface area contributed by atoms with Crippen LogP contribution < -0.4 is 14.4 Å². The topological polar surface area (TPSA) is 105 Å². The van der Waals surface area contributed by atoms with E-state index in [1.165, 1.54) is 0 Å². The summed E-state index contributed by atoms with van der Waals surface area (Å²) in [5, 5.41) is -0.214. The fraction of sp³-hybridized carbons (Fsp3) is 0.556. The zero-order valence-electron chi connectivity index (χ0n) is 27.9. The maximum absolute atomic E-state index is 13.4. The largest absolute Gasteiger partial charge is 0.487 e. The minimum Gasteiger partial charge on any atom is -0.487 e. The fourth-order valence-electron chi connectivity index (χ4n) is 7.09. The molecule has 1 saturated carbocycles. The number of allylic oxidation sites excluding steroid dienone is 1. The Balaban J connectivity index is 1.32. The van der Waals surface area contributed by atoms with Crippen molar-refractivity contribution in [3.05, 3.63) is 70.3 Å². The highest BCUT2D eigenvalue weighted by Crippen LogP contribution is 2.42. The molecule has 1 saturated heterocycles. The third kappa shape index (κ3) is 8.23. The van der Waals surface area contributed by atoms with Crippen molar-refractivity contribution in [3.63, 3.8) is 0 Å². The van der Waals surface area contributed by atoms with Crippen LogP contribution in [0.25, 0.3) is 0 Å². The summed E-state index contributed by atoms with van der Waals surface area (Å²) < 4.78 is 68.4. The Morgan fingerprint density at radius 1 is 1.10 bits per heavy atom. The number of aryl methyl sites for hydroxylation is 1. The molecule has 2 fully saturated rings. The first-order valence-electron chi connectivity index (χ1n) is 17.1. The van der Waals surface area contributed by atoms with E-state index in [4.69, 9.17) is 21.1 Å². The smallest absolute Gasteiger partial charge is 0.282 e. The number of anilines is 1. The number of rotatable bonds is 3. The van der Waals surface area contributed by atoms with E-state index in [0.717, 1.165) is 48.1 Å². The molecule has 2 bridgehead atoms. The first-order chi connectivity index (χ1) is 23.3. The maximum Gasteiger partial charge on any atom is 0.282 e. The van der Waals surface area contributed by atoms with Crippen LogP contribution in [0.15, 0.2) is 48.6 Å². The van der Waals surface area contributed by atoms with E-state index < -0.39 is 52.2 Å². The monoisotopic (exact) mass is 719 g/mol. The zero-order valence-corrected chi connectivity index (χ0v) is 29.4. The lowest BCUT2D eigenvalue weighted by Gasteiger charge is -2.44. The predicted molar refractivity (Wildman–Crippen MR) is 184 cm³/mol. The number of hydrogen-bond acceptors (Lipinski definition) is 7. The summed E-state index contributed by atoms with van der Waals surface area (Å²) in [4.78, 5) is 29.5. The summed E-state index contributed by atoms with van der Waals surface area (Å²) in [5.41, 5.74) is 3.06. The molecule has 3 heterocycles. The summed E-state index contributed by atoms with van der Waals surface area (Å²) in [7, 11) is -4.03. The van der Waals surface area contributed by atoms with Crippen molar-refractivity contribution in [3.8, 4) is 5.75 Å². The van der Waals surface area contributed by atoms with Crippen molar-refractivity contribution in [2.75, 3.05) is 37.7 Å². The van der Waals surface area contributed by atoms with E-state index in [0.29, 0.717) is 42.6 Å². The van der Waals surface area contributed by atoms with Gasteiger partial charge in [0.1, 0.15) is 19.0 Å². The normalized spacial score (nSPS) is 29.0. The van der Waals surface area contributed by atoms with Crippen LogP contribution in [-0.4, -0.2) is 75.2 Å². The molecule has 0 spiro atoms. The molecule has 2 aromatic carbocycles. The van der Waals surface area contributed by atoms with Gasteiger partial charge in [0.05, 0.1) is 30.1 Å². The van der Waals surface area contributed by atoms with Crippen LogP contribution in [0.1, 0.15) is 67.4 Å². The fourth-order valence-corrected chi connectivity index (χ4v) is 8.57. The second-order valence-electron chi connectivity index (χ2n) is 14.0. The Morgan fingerprint density at radius 2 is 1.90 bits per heavy atom. The maximum atomic E-state index is 13.4. The summed E-state index contributed by atoms with van der Waals surface area (Å²) in [6.45, 7) is 3.45. The molecule has 5 atom stereocenters. The highest BCUT2D eigenvalue weighted by Gasteiger charge is 2.46. The van der Waals surface area contributed by atoms with E-state index in [9.17, 15) is 26.8 Å². The number of benzene rings is 2. The molecule has 0 unspecified atom stereocenters. The molecule has 9 nitrogen and oxygen atoms in total. The minimum atomic E-state index is -4.03. The van der Waals surface area contributed by atoms with Gasteiger partial charge in [0.2, 0.25) is 15.9 Å². The average molecular weight is 720 g/mol. The van der Waals surface area contributed by atoms with Gasteiger partial charge in [-0.1, -0.05) is 36.7 Å². The predicted octanol–water partition coefficient (Wildman–Crippen LogP) is 5.99. The van der Waals surface area contributed by atoms with Crippen LogP contribution in [-0.2, 0) is 32.6 Å². The molecule has 1 N–H and O–H groups in total. The Hall–Kier alpha value is -3.22. The molecule has 6 rings (SSSR count). The van der Waals surface area contributed by atoms with Crippen molar-refractivity contribution in [1.29, 1.82) is 0 Å². The zero-order chi connectivity index (χ0) is 34.9. The van der Waals surface area contributed by atoms with Crippen LogP contribution >= 0.6 is 11.6 Å². The average Bonchev–Trinajstić information content (AvgIpc) is 3.06. The second-order valence-corrected chi connectivity index (χ2v) is 16.5. The van der Waals surface area contributed by atoms with E-state index >= 15 is 0 Å². The lowest BCUT2D eigenvalue weighted by atomic mass is 9.70. The quantitative estimate of drug-likeness (QED) is 0.389. The van der Waals surface area contributed by atoms with Crippen LogP contribution in [0.4, 0.5) is 14.5 Å². The first-order valence-corrected chi connectivity index (χ1v) is 19.0. The number of sulfonamides is 1. The van der Waals surface area contributed by atoms with Gasteiger partial charge in [-0.05, 0) is 105 Å². The second kappa shape index (κ2) is 14.6. The van der Waals surface area contributed by atoms with Crippen molar-refractivity contribution in [1.82, 2.24) is 9.62 Å². The number of halogens is 3. The van der Waals surface area contributed by atoms with Gasteiger partial charge < -0.3 is 19.3 Å². The SMILES string of the molecule is C[C@@H]1[C@@H](C)C/C=C/[C@H](OCC(=O)N2CC(F)(F)C2)[C@@H]2CC[C@H]2CN2CCCCc3cc(Cl)ccc3COc3ccc(cc32)C(=O)NS1(=O)=O. The summed E-state index contributed by atoms with van der Waals surface area (Å²) in [6, 6.07) is 10.8. The number of nitrogens with zero attached hydrogens (tertiary/aromatic N) is 2. The molecule has 2 amide bonds. The molecule has 1 aliphatic carbocycles. The minimum absolute atomic E-state index is 0.0479. The molecular formula is C36H44ClF2N3O6S. The van der Waals surface area contributed by atoms with Crippen LogP contribution in [0.5, 0.6) is 5.75 Å². The first kappa shape index (κ1) is 35.6. The molecule has 2 aromatic rings. The Morgan fingerprint density at radius 3 is 2.63 bits per heavy atom. The number of ether oxygens (including phenoxy) is 2. The van der Waals surface area contributed by atoms with Crippen molar-refractivity contribution >= 4 is 39.1 Å². The number of hydrogen-bond donors (Lipinski definition) is 1. The Bertz CT molecular complexity index is 1700. The number of nitrogens with one attached hydrogen (secondary N) is 1. The number of likely N-dealkylation sites (tertiary alicyclic amines) is 1. The molecular weight excluding hydrogens is 676 g/mol. The van der Waals surface area contributed by atoms with Gasteiger partial charge in [-0.2, -0.15) is 0 Å². The number of fused-ring (bicyclic) bond motifs is 3. The lowest BCUT2D eigenvalue weighted by Crippen LogP contribution is -2.59. The number of amides is 2. The molecule has 13 heteroatoms. The summed E-state index contributed by atoms with van der Waals surface area (Å²) in [6.07, 6.45) is 8.05. The van der Waals surface area contributed by atoms with E-state index in [2.05, 4.69) is 9.62 Å². The Kier molecular flexibility index (Phi) is 10.6.